The zero-order valence-electron chi connectivity index (χ0n) is 15.9. The molecule has 2 bridgehead atoms. The first kappa shape index (κ1) is 18.1. The fourth-order valence-corrected chi connectivity index (χ4v) is 6.53. The van der Waals surface area contributed by atoms with Crippen LogP contribution in [-0.2, 0) is 18.6 Å². The summed E-state index contributed by atoms with van der Waals surface area (Å²) in [5.74, 6) is -0.728. The van der Waals surface area contributed by atoms with E-state index in [0.717, 1.165) is 0 Å². The second-order valence-electron chi connectivity index (χ2n) is 8.17. The summed E-state index contributed by atoms with van der Waals surface area (Å²) < 4.78 is 25.2. The maximum Gasteiger partial charge on any atom is 0.218 e. The molecule has 0 spiro atoms. The Morgan fingerprint density at radius 2 is 1.75 bits per heavy atom. The Bertz CT molecular complexity index is 607. The molecular weight excluding hydrogens is 320 g/mol. The van der Waals surface area contributed by atoms with Gasteiger partial charge in [-0.05, 0) is 46.0 Å². The molecule has 4 nitrogen and oxygen atoms in total. The van der Waals surface area contributed by atoms with E-state index in [4.69, 9.17) is 18.6 Å². The van der Waals surface area contributed by atoms with Gasteiger partial charge in [0.1, 0.15) is 5.60 Å². The van der Waals surface area contributed by atoms with Crippen LogP contribution in [0.15, 0.2) is 30.3 Å². The first-order valence-corrected chi connectivity index (χ1v) is 11.6. The van der Waals surface area contributed by atoms with Crippen LogP contribution in [0.2, 0.25) is 13.1 Å². The van der Waals surface area contributed by atoms with E-state index in [9.17, 15) is 0 Å². The van der Waals surface area contributed by atoms with E-state index >= 15 is 0 Å². The molecule has 1 aromatic rings. The topological polar surface area (TPSA) is 36.9 Å². The summed E-state index contributed by atoms with van der Waals surface area (Å²) in [4.78, 5) is 0. The molecule has 2 heterocycles. The molecule has 2 aliphatic heterocycles. The molecule has 1 aromatic carbocycles. The van der Waals surface area contributed by atoms with Crippen LogP contribution >= 0.6 is 0 Å². The number of hydrogen-bond acceptors (Lipinski definition) is 4. The molecule has 3 rings (SSSR count). The van der Waals surface area contributed by atoms with Crippen molar-refractivity contribution in [2.45, 2.75) is 64.4 Å². The molecule has 4 unspecified atom stereocenters. The second-order valence-corrected chi connectivity index (χ2v) is 12.0. The summed E-state index contributed by atoms with van der Waals surface area (Å²) in [6.07, 6.45) is -0.0962. The van der Waals surface area contributed by atoms with Crippen molar-refractivity contribution in [3.05, 3.63) is 30.3 Å². The van der Waals surface area contributed by atoms with Gasteiger partial charge in [-0.1, -0.05) is 30.3 Å². The molecule has 2 saturated heterocycles. The van der Waals surface area contributed by atoms with Crippen molar-refractivity contribution in [2.24, 2.45) is 5.41 Å². The van der Waals surface area contributed by atoms with Gasteiger partial charge in [-0.3, -0.25) is 0 Å². The van der Waals surface area contributed by atoms with Crippen molar-refractivity contribution in [3.63, 3.8) is 0 Å². The lowest BCUT2D eigenvalue weighted by Crippen LogP contribution is -2.67. The summed E-state index contributed by atoms with van der Waals surface area (Å²) in [5.41, 5.74) is -0.834. The van der Waals surface area contributed by atoms with Crippen molar-refractivity contribution >= 4 is 13.5 Å². The van der Waals surface area contributed by atoms with Crippen molar-refractivity contribution in [3.8, 4) is 0 Å². The lowest BCUT2D eigenvalue weighted by atomic mass is 9.69. The van der Waals surface area contributed by atoms with Crippen LogP contribution in [0.1, 0.15) is 27.7 Å². The minimum Gasteiger partial charge on any atom is -0.406 e. The minimum atomic E-state index is -2.10. The zero-order valence-corrected chi connectivity index (χ0v) is 16.9. The van der Waals surface area contributed by atoms with Gasteiger partial charge in [0.2, 0.25) is 8.32 Å². The van der Waals surface area contributed by atoms with Gasteiger partial charge in [0.15, 0.2) is 5.79 Å². The lowest BCUT2D eigenvalue weighted by Gasteiger charge is -2.53. The molecule has 0 aromatic heterocycles. The number of rotatable bonds is 4. The van der Waals surface area contributed by atoms with Gasteiger partial charge in [0.25, 0.3) is 0 Å². The van der Waals surface area contributed by atoms with Crippen LogP contribution in [0.25, 0.3) is 0 Å². The molecule has 0 radical (unpaired) electrons. The Labute approximate surface area is 146 Å². The summed E-state index contributed by atoms with van der Waals surface area (Å²) in [7, 11) is -0.396. The number of methoxy groups -OCH3 is 1. The van der Waals surface area contributed by atoms with Gasteiger partial charge in [-0.25, -0.2) is 0 Å². The summed E-state index contributed by atoms with van der Waals surface area (Å²) >= 11 is 0. The fourth-order valence-electron chi connectivity index (χ4n) is 4.32. The minimum absolute atomic E-state index is 0.0134. The van der Waals surface area contributed by atoms with Gasteiger partial charge in [0, 0.05) is 7.11 Å². The third kappa shape index (κ3) is 2.41. The van der Waals surface area contributed by atoms with E-state index < -0.39 is 19.7 Å². The van der Waals surface area contributed by atoms with Gasteiger partial charge in [0.05, 0.1) is 24.2 Å². The molecular formula is C19H30O4Si. The Morgan fingerprint density at radius 3 is 2.33 bits per heavy atom. The fraction of sp³-hybridized carbons (Fsp3) is 0.684. The standard InChI is InChI=1S/C19H30O4Si/c1-14-18(3)16(17(2,22-14)13-21-19(18,4)20-5)23-24(6,7)15-11-9-8-10-12-15/h8-12,14,16H,13H2,1-7H3/t14?,16?,17-,18?,19?/m1/s1. The molecule has 5 heteroatoms. The monoisotopic (exact) mass is 350 g/mol. The molecule has 0 saturated carbocycles. The van der Waals surface area contributed by atoms with E-state index in [0.29, 0.717) is 6.61 Å². The predicted octanol–water partition coefficient (Wildman–Crippen LogP) is 3.06. The van der Waals surface area contributed by atoms with Crippen LogP contribution in [0, 0.1) is 5.41 Å². The average Bonchev–Trinajstić information content (AvgIpc) is 2.70. The molecule has 5 atom stereocenters. The lowest BCUT2D eigenvalue weighted by molar-refractivity contribution is -0.319. The largest absolute Gasteiger partial charge is 0.406 e. The van der Waals surface area contributed by atoms with Crippen molar-refractivity contribution in [1.29, 1.82) is 0 Å². The Kier molecular flexibility index (Phi) is 4.25. The number of benzene rings is 1. The smallest absolute Gasteiger partial charge is 0.218 e. The normalized spacial score (nSPS) is 42.3. The third-order valence-corrected chi connectivity index (χ3v) is 8.82. The van der Waals surface area contributed by atoms with Gasteiger partial charge < -0.3 is 18.6 Å². The number of hydrogen-bond donors (Lipinski definition) is 0. The quantitative estimate of drug-likeness (QED) is 0.782. The van der Waals surface area contributed by atoms with Crippen LogP contribution < -0.4 is 5.19 Å². The molecule has 2 fully saturated rings. The van der Waals surface area contributed by atoms with Crippen LogP contribution in [-0.4, -0.2) is 45.6 Å². The van der Waals surface area contributed by atoms with E-state index in [1.54, 1.807) is 7.11 Å². The van der Waals surface area contributed by atoms with Gasteiger partial charge >= 0.3 is 0 Å². The SMILES string of the molecule is COC1(C)OC[C@@]2(C)OC(C)C1(C)C2O[Si](C)(C)c1ccccc1. The molecule has 134 valence electrons. The molecule has 24 heavy (non-hydrogen) atoms. The number of fused-ring (bicyclic) bond motifs is 2. The van der Waals surface area contributed by atoms with Crippen LogP contribution in [0.4, 0.5) is 0 Å². The predicted molar refractivity (Wildman–Crippen MR) is 96.9 cm³/mol. The molecule has 0 aliphatic carbocycles. The average molecular weight is 351 g/mol. The van der Waals surface area contributed by atoms with Gasteiger partial charge in [-0.15, -0.1) is 0 Å². The summed E-state index contributed by atoms with van der Waals surface area (Å²) in [5, 5.41) is 1.29. The van der Waals surface area contributed by atoms with E-state index in [2.05, 4.69) is 58.1 Å². The molecule has 2 aliphatic rings. The highest BCUT2D eigenvalue weighted by atomic mass is 28.4. The maximum absolute atomic E-state index is 6.88. The highest BCUT2D eigenvalue weighted by Crippen LogP contribution is 2.58. The Morgan fingerprint density at radius 1 is 1.12 bits per heavy atom. The summed E-state index contributed by atoms with van der Waals surface area (Å²) in [6.45, 7) is 13.4. The highest BCUT2D eigenvalue weighted by Gasteiger charge is 2.71. The first-order valence-electron chi connectivity index (χ1n) is 8.69. The van der Waals surface area contributed by atoms with E-state index in [-0.39, 0.29) is 17.6 Å². The van der Waals surface area contributed by atoms with E-state index in [1.807, 2.05) is 13.0 Å². The van der Waals surface area contributed by atoms with Crippen LogP contribution in [0.5, 0.6) is 0 Å². The van der Waals surface area contributed by atoms with Gasteiger partial charge in [-0.2, -0.15) is 0 Å². The van der Waals surface area contributed by atoms with E-state index in [1.165, 1.54) is 5.19 Å². The second kappa shape index (κ2) is 5.64. The molecule has 0 N–H and O–H groups in total. The third-order valence-electron chi connectivity index (χ3n) is 6.27. The molecule has 0 amide bonds. The number of ether oxygens (including phenoxy) is 3. The Hall–Kier alpha value is -0.723. The van der Waals surface area contributed by atoms with Crippen LogP contribution in [0.3, 0.4) is 0 Å². The maximum atomic E-state index is 6.88. The Balaban J connectivity index is 2.00. The first-order chi connectivity index (χ1) is 11.1. The highest BCUT2D eigenvalue weighted by molar-refractivity contribution is 6.84. The zero-order chi connectivity index (χ0) is 17.8. The van der Waals surface area contributed by atoms with Crippen molar-refractivity contribution in [1.82, 2.24) is 0 Å². The summed E-state index contributed by atoms with van der Waals surface area (Å²) in [6, 6.07) is 10.5. The van der Waals surface area contributed by atoms with Crippen molar-refractivity contribution in [2.75, 3.05) is 13.7 Å². The van der Waals surface area contributed by atoms with Crippen molar-refractivity contribution < 1.29 is 18.6 Å².